The molecular formula is C11H21N3O. The van der Waals surface area contributed by atoms with E-state index in [1.165, 1.54) is 0 Å². The Bertz CT molecular complexity index is 238. The standard InChI is InChI=1S/C11H21N3O/c1-9(6-12)14-8-10(2)13(4-5-15)7-11(14)3/h9-11,15H,4-5,7-8H2,1-3H3/t9-,10+,11-/m0/s1. The maximum atomic E-state index is 8.94. The van der Waals surface area contributed by atoms with Gasteiger partial charge in [0.15, 0.2) is 0 Å². The molecule has 0 bridgehead atoms. The van der Waals surface area contributed by atoms with Gasteiger partial charge in [0.05, 0.1) is 18.7 Å². The third-order valence-corrected chi connectivity index (χ3v) is 3.23. The second kappa shape index (κ2) is 5.45. The molecule has 1 saturated heterocycles. The third-order valence-electron chi connectivity index (χ3n) is 3.23. The zero-order valence-electron chi connectivity index (χ0n) is 9.85. The lowest BCUT2D eigenvalue weighted by molar-refractivity contribution is 0.0232. The van der Waals surface area contributed by atoms with E-state index in [4.69, 9.17) is 10.4 Å². The van der Waals surface area contributed by atoms with E-state index in [0.717, 1.165) is 19.6 Å². The summed E-state index contributed by atoms with van der Waals surface area (Å²) in [5, 5.41) is 17.9. The van der Waals surface area contributed by atoms with E-state index >= 15 is 0 Å². The first-order chi connectivity index (χ1) is 7.10. The van der Waals surface area contributed by atoms with Crippen molar-refractivity contribution in [3.63, 3.8) is 0 Å². The van der Waals surface area contributed by atoms with E-state index in [2.05, 4.69) is 29.7 Å². The van der Waals surface area contributed by atoms with Crippen LogP contribution in [0.5, 0.6) is 0 Å². The summed E-state index contributed by atoms with van der Waals surface area (Å²) in [6.07, 6.45) is 0. The van der Waals surface area contributed by atoms with Crippen LogP contribution in [-0.4, -0.2) is 59.3 Å². The Kier molecular flexibility index (Phi) is 4.52. The minimum atomic E-state index is -0.0151. The molecule has 86 valence electrons. The minimum Gasteiger partial charge on any atom is -0.395 e. The predicted octanol–water partition coefficient (Wildman–Crippen LogP) is 0.285. The SMILES string of the molecule is C[C@@H]1CN([C@@H](C)C#N)[C@@H](C)CN1CCO. The predicted molar refractivity (Wildman–Crippen MR) is 59.4 cm³/mol. The van der Waals surface area contributed by atoms with E-state index < -0.39 is 0 Å². The van der Waals surface area contributed by atoms with Gasteiger partial charge in [-0.15, -0.1) is 0 Å². The highest BCUT2D eigenvalue weighted by Gasteiger charge is 2.31. The van der Waals surface area contributed by atoms with Gasteiger partial charge in [0.2, 0.25) is 0 Å². The summed E-state index contributed by atoms with van der Waals surface area (Å²) in [7, 11) is 0. The van der Waals surface area contributed by atoms with Crippen molar-refractivity contribution in [2.24, 2.45) is 0 Å². The quantitative estimate of drug-likeness (QED) is 0.729. The van der Waals surface area contributed by atoms with Gasteiger partial charge >= 0.3 is 0 Å². The Morgan fingerprint density at radius 2 is 2.07 bits per heavy atom. The van der Waals surface area contributed by atoms with Crippen LogP contribution in [0.2, 0.25) is 0 Å². The fraction of sp³-hybridized carbons (Fsp3) is 0.909. The van der Waals surface area contributed by atoms with Crippen molar-refractivity contribution in [3.05, 3.63) is 0 Å². The molecule has 1 heterocycles. The number of hydrogen-bond donors (Lipinski definition) is 1. The van der Waals surface area contributed by atoms with Crippen LogP contribution < -0.4 is 0 Å². The number of β-amino-alcohol motifs (C(OH)–C–C–N with tert-alkyl or cyclic N) is 1. The number of piperazine rings is 1. The highest BCUT2D eigenvalue weighted by molar-refractivity contribution is 4.95. The molecule has 4 heteroatoms. The lowest BCUT2D eigenvalue weighted by atomic mass is 10.1. The lowest BCUT2D eigenvalue weighted by Gasteiger charge is -2.45. The number of aliphatic hydroxyl groups is 1. The van der Waals surface area contributed by atoms with Crippen molar-refractivity contribution >= 4 is 0 Å². The van der Waals surface area contributed by atoms with Gasteiger partial charge in [0.25, 0.3) is 0 Å². The van der Waals surface area contributed by atoms with Gasteiger partial charge in [-0.25, -0.2) is 0 Å². The van der Waals surface area contributed by atoms with Gasteiger partial charge in [-0.3, -0.25) is 9.80 Å². The van der Waals surface area contributed by atoms with Gasteiger partial charge < -0.3 is 5.11 Å². The monoisotopic (exact) mass is 211 g/mol. The smallest absolute Gasteiger partial charge is 0.0952 e. The topological polar surface area (TPSA) is 50.5 Å². The van der Waals surface area contributed by atoms with Gasteiger partial charge in [0, 0.05) is 31.7 Å². The van der Waals surface area contributed by atoms with Crippen LogP contribution in [0.15, 0.2) is 0 Å². The average Bonchev–Trinajstić information content (AvgIpc) is 2.22. The molecule has 3 atom stereocenters. The molecule has 0 spiro atoms. The molecule has 0 aliphatic carbocycles. The summed E-state index contributed by atoms with van der Waals surface area (Å²) in [5.74, 6) is 0. The Morgan fingerprint density at radius 1 is 1.40 bits per heavy atom. The molecule has 0 aromatic heterocycles. The Morgan fingerprint density at radius 3 is 2.60 bits per heavy atom. The fourth-order valence-electron chi connectivity index (χ4n) is 2.28. The van der Waals surface area contributed by atoms with E-state index in [9.17, 15) is 0 Å². The van der Waals surface area contributed by atoms with Gasteiger partial charge in [0.1, 0.15) is 0 Å². The highest BCUT2D eigenvalue weighted by atomic mass is 16.3. The van der Waals surface area contributed by atoms with Crippen molar-refractivity contribution in [3.8, 4) is 6.07 Å². The zero-order chi connectivity index (χ0) is 11.4. The molecule has 1 aliphatic rings. The summed E-state index contributed by atoms with van der Waals surface area (Å²) in [6.45, 7) is 9.04. The van der Waals surface area contributed by atoms with Crippen molar-refractivity contribution < 1.29 is 5.11 Å². The molecule has 1 aliphatic heterocycles. The van der Waals surface area contributed by atoms with Gasteiger partial charge in [-0.05, 0) is 20.8 Å². The summed E-state index contributed by atoms with van der Waals surface area (Å²) < 4.78 is 0. The second-order valence-electron chi connectivity index (χ2n) is 4.42. The zero-order valence-corrected chi connectivity index (χ0v) is 9.85. The van der Waals surface area contributed by atoms with Crippen LogP contribution in [0.1, 0.15) is 20.8 Å². The molecule has 4 nitrogen and oxygen atoms in total. The molecule has 15 heavy (non-hydrogen) atoms. The number of nitriles is 1. The molecule has 1 N–H and O–H groups in total. The van der Waals surface area contributed by atoms with E-state index in [0.29, 0.717) is 12.1 Å². The molecule has 1 rings (SSSR count). The van der Waals surface area contributed by atoms with Crippen LogP contribution in [-0.2, 0) is 0 Å². The first-order valence-corrected chi connectivity index (χ1v) is 5.60. The molecule has 0 aromatic rings. The van der Waals surface area contributed by atoms with E-state index in [1.54, 1.807) is 0 Å². The van der Waals surface area contributed by atoms with Crippen molar-refractivity contribution in [2.45, 2.75) is 38.9 Å². The summed E-state index contributed by atoms with van der Waals surface area (Å²) >= 11 is 0. The van der Waals surface area contributed by atoms with E-state index in [1.807, 2.05) is 6.92 Å². The van der Waals surface area contributed by atoms with Crippen LogP contribution in [0.4, 0.5) is 0 Å². The van der Waals surface area contributed by atoms with E-state index in [-0.39, 0.29) is 12.6 Å². The highest BCUT2D eigenvalue weighted by Crippen LogP contribution is 2.17. The first kappa shape index (κ1) is 12.4. The lowest BCUT2D eigenvalue weighted by Crippen LogP contribution is -2.58. The third kappa shape index (κ3) is 2.91. The van der Waals surface area contributed by atoms with Gasteiger partial charge in [-0.2, -0.15) is 5.26 Å². The van der Waals surface area contributed by atoms with Crippen molar-refractivity contribution in [1.29, 1.82) is 5.26 Å². The summed E-state index contributed by atoms with van der Waals surface area (Å²) in [6, 6.07) is 3.09. The summed E-state index contributed by atoms with van der Waals surface area (Å²) in [5.41, 5.74) is 0. The number of aliphatic hydroxyl groups excluding tert-OH is 1. The number of rotatable bonds is 3. The Hall–Kier alpha value is -0.630. The number of hydrogen-bond acceptors (Lipinski definition) is 4. The molecular weight excluding hydrogens is 190 g/mol. The molecule has 0 amide bonds. The largest absolute Gasteiger partial charge is 0.395 e. The van der Waals surface area contributed by atoms with Crippen molar-refractivity contribution in [2.75, 3.05) is 26.2 Å². The minimum absolute atomic E-state index is 0.0151. The molecule has 0 saturated carbocycles. The van der Waals surface area contributed by atoms with Gasteiger partial charge in [-0.1, -0.05) is 0 Å². The van der Waals surface area contributed by atoms with Crippen LogP contribution >= 0.6 is 0 Å². The average molecular weight is 211 g/mol. The van der Waals surface area contributed by atoms with Crippen LogP contribution in [0.25, 0.3) is 0 Å². The fourth-order valence-corrected chi connectivity index (χ4v) is 2.28. The number of nitrogens with zero attached hydrogens (tertiary/aromatic N) is 3. The second-order valence-corrected chi connectivity index (χ2v) is 4.42. The normalized spacial score (nSPS) is 31.1. The molecule has 0 unspecified atom stereocenters. The molecule has 0 aromatic carbocycles. The summed E-state index contributed by atoms with van der Waals surface area (Å²) in [4.78, 5) is 4.52. The molecule has 1 fully saturated rings. The van der Waals surface area contributed by atoms with Crippen LogP contribution in [0, 0.1) is 11.3 Å². The van der Waals surface area contributed by atoms with Crippen molar-refractivity contribution in [1.82, 2.24) is 9.80 Å². The maximum absolute atomic E-state index is 8.94. The maximum Gasteiger partial charge on any atom is 0.0952 e. The van der Waals surface area contributed by atoms with Crippen LogP contribution in [0.3, 0.4) is 0 Å². The first-order valence-electron chi connectivity index (χ1n) is 5.60. The Balaban J connectivity index is 2.59. The Labute approximate surface area is 92.1 Å². The molecule has 0 radical (unpaired) electrons.